The molecule has 1 unspecified atom stereocenters. The molecule has 0 spiro atoms. The molecule has 0 saturated carbocycles. The Morgan fingerprint density at radius 1 is 1.07 bits per heavy atom. The first kappa shape index (κ1) is 20.2. The van der Waals surface area contributed by atoms with Crippen LogP contribution < -0.4 is 14.8 Å². The number of nitrogens with zero attached hydrogens (tertiary/aromatic N) is 1. The maximum absolute atomic E-state index is 12.2. The van der Waals surface area contributed by atoms with Crippen LogP contribution in [0.15, 0.2) is 48.5 Å². The number of carbonyl (C=O) groups excluding carboxylic acids is 1. The van der Waals surface area contributed by atoms with E-state index in [0.29, 0.717) is 37.0 Å². The van der Waals surface area contributed by atoms with Crippen molar-refractivity contribution in [3.05, 3.63) is 58.6 Å². The van der Waals surface area contributed by atoms with Gasteiger partial charge in [0.1, 0.15) is 18.1 Å². The minimum absolute atomic E-state index is 0.0389. The Labute approximate surface area is 157 Å². The zero-order chi connectivity index (χ0) is 19.6. The van der Waals surface area contributed by atoms with Crippen molar-refractivity contribution in [2.24, 2.45) is 0 Å². The molecule has 2 aromatic rings. The summed E-state index contributed by atoms with van der Waals surface area (Å²) in [6.45, 7) is 5.15. The third-order valence-electron chi connectivity index (χ3n) is 3.55. The van der Waals surface area contributed by atoms with Gasteiger partial charge in [-0.1, -0.05) is 0 Å². The quantitative estimate of drug-likeness (QED) is 0.389. The second-order valence-corrected chi connectivity index (χ2v) is 5.57. The molecular formula is C19H22N2O6. The molecule has 0 radical (unpaired) electrons. The van der Waals surface area contributed by atoms with Crippen LogP contribution in [0.5, 0.6) is 11.5 Å². The van der Waals surface area contributed by atoms with Crippen molar-refractivity contribution < 1.29 is 23.9 Å². The molecule has 1 N–H and O–H groups in total. The van der Waals surface area contributed by atoms with Gasteiger partial charge in [-0.2, -0.15) is 0 Å². The summed E-state index contributed by atoms with van der Waals surface area (Å²) >= 11 is 0. The standard InChI is InChI=1S/C19H22N2O6/c1-3-25-12-13-26-17-8-4-15(5-9-17)20-19(22)14(2)27-18-10-6-16(7-11-18)21(23)24/h4-11,14H,3,12-13H2,1-2H3,(H,20,22). The normalized spacial score (nSPS) is 11.5. The summed E-state index contributed by atoms with van der Waals surface area (Å²) < 4.78 is 16.2. The minimum Gasteiger partial charge on any atom is -0.491 e. The molecule has 8 nitrogen and oxygen atoms in total. The molecule has 0 heterocycles. The van der Waals surface area contributed by atoms with Gasteiger partial charge in [0.2, 0.25) is 0 Å². The van der Waals surface area contributed by atoms with Crippen LogP contribution in [0, 0.1) is 10.1 Å². The van der Waals surface area contributed by atoms with E-state index in [1.54, 1.807) is 31.2 Å². The van der Waals surface area contributed by atoms with Crippen LogP contribution in [0.1, 0.15) is 13.8 Å². The number of amides is 1. The van der Waals surface area contributed by atoms with Gasteiger partial charge in [0.05, 0.1) is 11.5 Å². The number of non-ortho nitro benzene ring substituents is 1. The summed E-state index contributed by atoms with van der Waals surface area (Å²) in [6, 6.07) is 12.5. The zero-order valence-corrected chi connectivity index (χ0v) is 15.2. The van der Waals surface area contributed by atoms with Crippen molar-refractivity contribution in [1.82, 2.24) is 0 Å². The fourth-order valence-corrected chi connectivity index (χ4v) is 2.15. The summed E-state index contributed by atoms with van der Waals surface area (Å²) in [5.74, 6) is 0.725. The molecular weight excluding hydrogens is 352 g/mol. The van der Waals surface area contributed by atoms with Crippen molar-refractivity contribution in [2.75, 3.05) is 25.1 Å². The lowest BCUT2D eigenvalue weighted by Crippen LogP contribution is -2.30. The van der Waals surface area contributed by atoms with Gasteiger partial charge in [-0.05, 0) is 50.2 Å². The number of ether oxygens (including phenoxy) is 3. The van der Waals surface area contributed by atoms with E-state index >= 15 is 0 Å². The molecule has 27 heavy (non-hydrogen) atoms. The van der Waals surface area contributed by atoms with Crippen molar-refractivity contribution in [1.29, 1.82) is 0 Å². The minimum atomic E-state index is -0.770. The Balaban J connectivity index is 1.83. The number of anilines is 1. The van der Waals surface area contributed by atoms with Gasteiger partial charge < -0.3 is 19.5 Å². The highest BCUT2D eigenvalue weighted by molar-refractivity contribution is 5.94. The van der Waals surface area contributed by atoms with E-state index in [9.17, 15) is 14.9 Å². The summed E-state index contributed by atoms with van der Waals surface area (Å²) in [6.07, 6.45) is -0.770. The maximum atomic E-state index is 12.2. The van der Waals surface area contributed by atoms with Crippen LogP contribution in [0.4, 0.5) is 11.4 Å². The fraction of sp³-hybridized carbons (Fsp3) is 0.316. The van der Waals surface area contributed by atoms with Gasteiger partial charge in [-0.15, -0.1) is 0 Å². The van der Waals surface area contributed by atoms with Gasteiger partial charge in [-0.3, -0.25) is 14.9 Å². The molecule has 0 fully saturated rings. The highest BCUT2D eigenvalue weighted by Crippen LogP contribution is 2.19. The summed E-state index contributed by atoms with van der Waals surface area (Å²) in [7, 11) is 0. The lowest BCUT2D eigenvalue weighted by atomic mass is 10.2. The van der Waals surface area contributed by atoms with E-state index in [2.05, 4.69) is 5.32 Å². The average Bonchev–Trinajstić information content (AvgIpc) is 2.67. The van der Waals surface area contributed by atoms with Gasteiger partial charge in [0.15, 0.2) is 6.10 Å². The molecule has 0 aliphatic carbocycles. The molecule has 1 atom stereocenters. The van der Waals surface area contributed by atoms with E-state index < -0.39 is 11.0 Å². The number of carbonyl (C=O) groups is 1. The Kier molecular flexibility index (Phi) is 7.57. The van der Waals surface area contributed by atoms with Gasteiger partial charge in [0.25, 0.3) is 11.6 Å². The molecule has 0 bridgehead atoms. The van der Waals surface area contributed by atoms with Crippen molar-refractivity contribution in [3.8, 4) is 11.5 Å². The van der Waals surface area contributed by atoms with Crippen molar-refractivity contribution >= 4 is 17.3 Å². The van der Waals surface area contributed by atoms with Crippen molar-refractivity contribution in [2.45, 2.75) is 20.0 Å². The highest BCUT2D eigenvalue weighted by atomic mass is 16.6. The average molecular weight is 374 g/mol. The Morgan fingerprint density at radius 3 is 2.30 bits per heavy atom. The van der Waals surface area contributed by atoms with E-state index in [1.807, 2.05) is 6.92 Å². The number of nitrogens with one attached hydrogen (secondary N) is 1. The Bertz CT molecular complexity index is 746. The smallest absolute Gasteiger partial charge is 0.269 e. The van der Waals surface area contributed by atoms with E-state index in [4.69, 9.17) is 14.2 Å². The largest absolute Gasteiger partial charge is 0.491 e. The number of hydrogen-bond acceptors (Lipinski definition) is 6. The van der Waals surface area contributed by atoms with Gasteiger partial charge in [-0.25, -0.2) is 0 Å². The first-order valence-corrected chi connectivity index (χ1v) is 8.52. The van der Waals surface area contributed by atoms with E-state index in [1.165, 1.54) is 24.3 Å². The molecule has 2 rings (SSSR count). The molecule has 1 amide bonds. The summed E-state index contributed by atoms with van der Waals surface area (Å²) in [4.78, 5) is 22.4. The van der Waals surface area contributed by atoms with Gasteiger partial charge in [0, 0.05) is 24.4 Å². The number of nitro groups is 1. The van der Waals surface area contributed by atoms with Crippen molar-refractivity contribution in [3.63, 3.8) is 0 Å². The lowest BCUT2D eigenvalue weighted by Gasteiger charge is -2.15. The zero-order valence-electron chi connectivity index (χ0n) is 15.2. The molecule has 2 aromatic carbocycles. The van der Waals surface area contributed by atoms with Crippen LogP contribution in [0.2, 0.25) is 0 Å². The van der Waals surface area contributed by atoms with Gasteiger partial charge >= 0.3 is 0 Å². The third kappa shape index (κ3) is 6.59. The van der Waals surface area contributed by atoms with Crippen LogP contribution in [0.3, 0.4) is 0 Å². The number of nitro benzene ring substituents is 1. The molecule has 0 aliphatic heterocycles. The predicted octanol–water partition coefficient (Wildman–Crippen LogP) is 3.42. The maximum Gasteiger partial charge on any atom is 0.269 e. The molecule has 0 saturated heterocycles. The van der Waals surface area contributed by atoms with E-state index in [-0.39, 0.29) is 11.6 Å². The number of rotatable bonds is 10. The first-order valence-electron chi connectivity index (χ1n) is 8.52. The topological polar surface area (TPSA) is 99.9 Å². The van der Waals surface area contributed by atoms with Crippen LogP contribution >= 0.6 is 0 Å². The van der Waals surface area contributed by atoms with Crippen LogP contribution in [-0.4, -0.2) is 36.8 Å². The molecule has 144 valence electrons. The summed E-state index contributed by atoms with van der Waals surface area (Å²) in [5.41, 5.74) is 0.569. The number of hydrogen-bond donors (Lipinski definition) is 1. The van der Waals surface area contributed by atoms with Crippen LogP contribution in [0.25, 0.3) is 0 Å². The van der Waals surface area contributed by atoms with Crippen LogP contribution in [-0.2, 0) is 9.53 Å². The lowest BCUT2D eigenvalue weighted by molar-refractivity contribution is -0.384. The monoisotopic (exact) mass is 374 g/mol. The fourth-order valence-electron chi connectivity index (χ4n) is 2.15. The third-order valence-corrected chi connectivity index (χ3v) is 3.55. The molecule has 0 aliphatic rings. The predicted molar refractivity (Wildman–Crippen MR) is 100 cm³/mol. The Hall–Kier alpha value is -3.13. The second kappa shape index (κ2) is 10.1. The first-order chi connectivity index (χ1) is 13.0. The molecule has 0 aromatic heterocycles. The SMILES string of the molecule is CCOCCOc1ccc(NC(=O)C(C)Oc2ccc([N+](=O)[O-])cc2)cc1. The molecule has 8 heteroatoms. The summed E-state index contributed by atoms with van der Waals surface area (Å²) in [5, 5.41) is 13.4. The Morgan fingerprint density at radius 2 is 1.70 bits per heavy atom. The second-order valence-electron chi connectivity index (χ2n) is 5.57. The number of benzene rings is 2. The highest BCUT2D eigenvalue weighted by Gasteiger charge is 2.15. The van der Waals surface area contributed by atoms with E-state index in [0.717, 1.165) is 0 Å².